The maximum Gasteiger partial charge on any atom is 0.196 e. The highest BCUT2D eigenvalue weighted by Crippen LogP contribution is 2.34. The number of aryl methyl sites for hydroxylation is 1. The fourth-order valence-electron chi connectivity index (χ4n) is 2.81. The first kappa shape index (κ1) is 13.3. The van der Waals surface area contributed by atoms with Gasteiger partial charge in [-0.25, -0.2) is 0 Å². The van der Waals surface area contributed by atoms with Crippen LogP contribution in [0.3, 0.4) is 0 Å². The summed E-state index contributed by atoms with van der Waals surface area (Å²) in [6.45, 7) is 5.60. The maximum absolute atomic E-state index is 12.6. The summed E-state index contributed by atoms with van der Waals surface area (Å²) in [5.74, 6) is 0.672. The van der Waals surface area contributed by atoms with Gasteiger partial charge in [0.25, 0.3) is 0 Å². The van der Waals surface area contributed by atoms with Crippen molar-refractivity contribution in [1.82, 2.24) is 0 Å². The second-order valence-electron chi connectivity index (χ2n) is 5.34. The van der Waals surface area contributed by atoms with Gasteiger partial charge in [-0.05, 0) is 44.9 Å². The second-order valence-corrected chi connectivity index (χ2v) is 5.34. The molecule has 1 aromatic carbocycles. The first-order valence-electron chi connectivity index (χ1n) is 6.77. The van der Waals surface area contributed by atoms with E-state index in [0.29, 0.717) is 28.7 Å². The lowest BCUT2D eigenvalue weighted by molar-refractivity contribution is -0.163. The Kier molecular flexibility index (Phi) is 3.15. The third kappa shape index (κ3) is 1.87. The topological polar surface area (TPSA) is 48.7 Å². The van der Waals surface area contributed by atoms with Crippen molar-refractivity contribution >= 4 is 11.0 Å². The molecule has 1 aliphatic heterocycles. The Morgan fingerprint density at radius 3 is 2.75 bits per heavy atom. The molecule has 106 valence electrons. The van der Waals surface area contributed by atoms with E-state index in [-0.39, 0.29) is 11.5 Å². The Morgan fingerprint density at radius 1 is 1.30 bits per heavy atom. The van der Waals surface area contributed by atoms with Crippen molar-refractivity contribution in [3.05, 3.63) is 44.8 Å². The van der Waals surface area contributed by atoms with E-state index in [1.54, 1.807) is 14.0 Å². The molecule has 20 heavy (non-hydrogen) atoms. The minimum atomic E-state index is -0.417. The van der Waals surface area contributed by atoms with Crippen molar-refractivity contribution in [2.24, 2.45) is 0 Å². The van der Waals surface area contributed by atoms with Gasteiger partial charge in [-0.1, -0.05) is 0 Å². The molecule has 0 N–H and O–H groups in total. The Hall–Kier alpha value is -1.65. The lowest BCUT2D eigenvalue weighted by Crippen LogP contribution is -2.26. The molecule has 2 atom stereocenters. The van der Waals surface area contributed by atoms with Crippen LogP contribution < -0.4 is 5.43 Å². The van der Waals surface area contributed by atoms with Crippen LogP contribution in [0.5, 0.6) is 0 Å². The Balaban J connectivity index is 2.38. The summed E-state index contributed by atoms with van der Waals surface area (Å²) < 4.78 is 16.9. The van der Waals surface area contributed by atoms with Crippen LogP contribution >= 0.6 is 0 Å². The highest BCUT2D eigenvalue weighted by molar-refractivity contribution is 5.82. The van der Waals surface area contributed by atoms with E-state index in [9.17, 15) is 4.79 Å². The number of hydrogen-bond donors (Lipinski definition) is 0. The van der Waals surface area contributed by atoms with Crippen LogP contribution in [-0.4, -0.2) is 13.2 Å². The van der Waals surface area contributed by atoms with Gasteiger partial charge in [0.2, 0.25) is 0 Å². The quantitative estimate of drug-likeness (QED) is 0.802. The summed E-state index contributed by atoms with van der Waals surface area (Å²) in [7, 11) is 1.61. The van der Waals surface area contributed by atoms with Gasteiger partial charge in [-0.15, -0.1) is 0 Å². The zero-order valence-corrected chi connectivity index (χ0v) is 12.1. The largest absolute Gasteiger partial charge is 0.461 e. The minimum absolute atomic E-state index is 0.0130. The zero-order chi connectivity index (χ0) is 14.4. The molecule has 0 radical (unpaired) electrons. The van der Waals surface area contributed by atoms with Gasteiger partial charge in [-0.2, -0.15) is 0 Å². The molecule has 1 aromatic heterocycles. The summed E-state index contributed by atoms with van der Waals surface area (Å²) in [6, 6.07) is 3.75. The lowest BCUT2D eigenvalue weighted by atomic mass is 9.93. The fourth-order valence-corrected chi connectivity index (χ4v) is 2.81. The Bertz CT molecular complexity index is 729. The number of benzene rings is 1. The molecule has 0 fully saturated rings. The van der Waals surface area contributed by atoms with E-state index in [1.807, 2.05) is 26.0 Å². The number of rotatable bonds is 1. The van der Waals surface area contributed by atoms with Gasteiger partial charge in [0.1, 0.15) is 11.3 Å². The third-order valence-corrected chi connectivity index (χ3v) is 3.99. The zero-order valence-electron chi connectivity index (χ0n) is 12.1. The highest BCUT2D eigenvalue weighted by Gasteiger charge is 2.28. The molecule has 0 spiro atoms. The second kappa shape index (κ2) is 4.72. The summed E-state index contributed by atoms with van der Waals surface area (Å²) in [5, 5.41) is 0.669. The smallest absolute Gasteiger partial charge is 0.196 e. The molecule has 0 amide bonds. The Labute approximate surface area is 117 Å². The van der Waals surface area contributed by atoms with Crippen molar-refractivity contribution in [3.8, 4) is 0 Å². The first-order valence-corrected chi connectivity index (χ1v) is 6.77. The van der Waals surface area contributed by atoms with E-state index in [0.717, 1.165) is 11.1 Å². The van der Waals surface area contributed by atoms with E-state index in [1.165, 1.54) is 0 Å². The van der Waals surface area contributed by atoms with E-state index in [2.05, 4.69) is 0 Å². The molecule has 2 aromatic rings. The average Bonchev–Trinajstić information content (AvgIpc) is 2.43. The molecule has 4 heteroatoms. The standard InChI is InChI=1S/C16H18O4/c1-8-7-12-11(16(18-4)19-8)5-6-13-14(12)15(17)9(2)10(3)20-13/h5-6,8,16H,7H2,1-4H3. The van der Waals surface area contributed by atoms with E-state index >= 15 is 0 Å². The van der Waals surface area contributed by atoms with Crippen LogP contribution in [0, 0.1) is 13.8 Å². The van der Waals surface area contributed by atoms with Crippen LogP contribution in [-0.2, 0) is 15.9 Å². The molecule has 1 aliphatic rings. The molecular weight excluding hydrogens is 256 g/mol. The highest BCUT2D eigenvalue weighted by atomic mass is 16.7. The molecular formula is C16H18O4. The molecule has 2 unspecified atom stereocenters. The predicted octanol–water partition coefficient (Wildman–Crippen LogP) is 3.02. The summed E-state index contributed by atoms with van der Waals surface area (Å²) >= 11 is 0. The molecule has 4 nitrogen and oxygen atoms in total. The van der Waals surface area contributed by atoms with Gasteiger partial charge in [-0.3, -0.25) is 4.79 Å². The molecule has 0 bridgehead atoms. The Morgan fingerprint density at radius 2 is 2.05 bits per heavy atom. The van der Waals surface area contributed by atoms with Gasteiger partial charge < -0.3 is 13.9 Å². The summed E-state index contributed by atoms with van der Waals surface area (Å²) in [4.78, 5) is 12.6. The minimum Gasteiger partial charge on any atom is -0.461 e. The number of hydrogen-bond acceptors (Lipinski definition) is 4. The van der Waals surface area contributed by atoms with Crippen LogP contribution in [0.25, 0.3) is 11.0 Å². The summed E-state index contributed by atoms with van der Waals surface area (Å²) in [5.41, 5.74) is 3.27. The molecule has 3 rings (SSSR count). The molecule has 0 saturated heterocycles. The number of ether oxygens (including phenoxy) is 2. The molecule has 0 saturated carbocycles. The van der Waals surface area contributed by atoms with E-state index in [4.69, 9.17) is 13.9 Å². The molecule has 0 aliphatic carbocycles. The van der Waals surface area contributed by atoms with Crippen LogP contribution in [0.1, 0.15) is 35.7 Å². The van der Waals surface area contributed by atoms with Crippen LogP contribution in [0.15, 0.2) is 21.3 Å². The predicted molar refractivity (Wildman–Crippen MR) is 76.0 cm³/mol. The normalized spacial score (nSPS) is 22.0. The third-order valence-electron chi connectivity index (χ3n) is 3.99. The van der Waals surface area contributed by atoms with Crippen molar-refractivity contribution in [3.63, 3.8) is 0 Å². The van der Waals surface area contributed by atoms with Crippen LogP contribution in [0.2, 0.25) is 0 Å². The average molecular weight is 274 g/mol. The van der Waals surface area contributed by atoms with Crippen molar-refractivity contribution in [2.75, 3.05) is 7.11 Å². The van der Waals surface area contributed by atoms with Crippen LogP contribution in [0.4, 0.5) is 0 Å². The van der Waals surface area contributed by atoms with Crippen molar-refractivity contribution < 1.29 is 13.9 Å². The fraction of sp³-hybridized carbons (Fsp3) is 0.438. The summed E-state index contributed by atoms with van der Waals surface area (Å²) in [6.07, 6.45) is 0.290. The lowest BCUT2D eigenvalue weighted by Gasteiger charge is -2.30. The monoisotopic (exact) mass is 274 g/mol. The molecule has 2 heterocycles. The van der Waals surface area contributed by atoms with Gasteiger partial charge in [0.05, 0.1) is 11.5 Å². The van der Waals surface area contributed by atoms with Crippen molar-refractivity contribution in [1.29, 1.82) is 0 Å². The SMILES string of the molecule is COC1OC(C)Cc2c1ccc1oc(C)c(C)c(=O)c21. The van der Waals surface area contributed by atoms with E-state index < -0.39 is 6.29 Å². The van der Waals surface area contributed by atoms with Crippen molar-refractivity contribution in [2.45, 2.75) is 39.6 Å². The van der Waals surface area contributed by atoms with Gasteiger partial charge in [0, 0.05) is 18.2 Å². The first-order chi connectivity index (χ1) is 9.52. The van der Waals surface area contributed by atoms with Gasteiger partial charge >= 0.3 is 0 Å². The number of methoxy groups -OCH3 is 1. The number of fused-ring (bicyclic) bond motifs is 3. The van der Waals surface area contributed by atoms with Gasteiger partial charge in [0.15, 0.2) is 11.7 Å². The maximum atomic E-state index is 12.6.